The van der Waals surface area contributed by atoms with Gasteiger partial charge in [0.25, 0.3) is 0 Å². The minimum absolute atomic E-state index is 0.0243. The van der Waals surface area contributed by atoms with E-state index in [9.17, 15) is 4.79 Å². The molecule has 0 bridgehead atoms. The normalized spacial score (nSPS) is 20.3. The third-order valence-electron chi connectivity index (χ3n) is 1.97. The van der Waals surface area contributed by atoms with Crippen LogP contribution in [0.25, 0.3) is 0 Å². The van der Waals surface area contributed by atoms with Crippen molar-refractivity contribution < 1.29 is 4.79 Å². The van der Waals surface area contributed by atoms with Crippen LogP contribution in [0.3, 0.4) is 0 Å². The van der Waals surface area contributed by atoms with Gasteiger partial charge in [0.05, 0.1) is 5.41 Å². The summed E-state index contributed by atoms with van der Waals surface area (Å²) >= 11 is 3.35. The van der Waals surface area contributed by atoms with E-state index in [1.54, 1.807) is 4.90 Å². The molecule has 1 aliphatic carbocycles. The van der Waals surface area contributed by atoms with Gasteiger partial charge >= 0.3 is 0 Å². The van der Waals surface area contributed by atoms with Crippen molar-refractivity contribution in [2.75, 3.05) is 19.4 Å². The second-order valence-corrected chi connectivity index (χ2v) is 3.67. The zero-order valence-electron chi connectivity index (χ0n) is 6.35. The van der Waals surface area contributed by atoms with Crippen molar-refractivity contribution in [2.45, 2.75) is 12.8 Å². The van der Waals surface area contributed by atoms with E-state index in [-0.39, 0.29) is 11.3 Å². The van der Waals surface area contributed by atoms with E-state index in [0.717, 1.165) is 18.2 Å². The van der Waals surface area contributed by atoms with Gasteiger partial charge in [0.15, 0.2) is 0 Å². The van der Waals surface area contributed by atoms with Gasteiger partial charge in [0.2, 0.25) is 5.91 Å². The lowest BCUT2D eigenvalue weighted by Gasteiger charge is -2.16. The number of amides is 1. The maximum atomic E-state index is 11.4. The van der Waals surface area contributed by atoms with Crippen molar-refractivity contribution in [3.8, 4) is 0 Å². The number of rotatable bonds is 2. The number of carbonyl (C=O) groups excluding carboxylic acids is 1. The zero-order valence-corrected chi connectivity index (χ0v) is 7.94. The SMILES string of the molecule is CN(C)C(=O)C1(CBr)CC1. The predicted molar refractivity (Wildman–Crippen MR) is 44.2 cm³/mol. The summed E-state index contributed by atoms with van der Waals surface area (Å²) in [5.74, 6) is 0.268. The Morgan fingerprint density at radius 1 is 1.60 bits per heavy atom. The number of alkyl halides is 1. The molecule has 0 aromatic heterocycles. The van der Waals surface area contributed by atoms with Crippen LogP contribution in [0.15, 0.2) is 0 Å². The van der Waals surface area contributed by atoms with Crippen molar-refractivity contribution in [3.05, 3.63) is 0 Å². The first-order valence-electron chi connectivity index (χ1n) is 3.40. The van der Waals surface area contributed by atoms with Gasteiger partial charge in [0.1, 0.15) is 0 Å². The number of nitrogens with zero attached hydrogens (tertiary/aromatic N) is 1. The van der Waals surface area contributed by atoms with E-state index in [4.69, 9.17) is 0 Å². The lowest BCUT2D eigenvalue weighted by Crippen LogP contribution is -2.31. The average molecular weight is 206 g/mol. The molecule has 3 heteroatoms. The lowest BCUT2D eigenvalue weighted by molar-refractivity contribution is -0.133. The highest BCUT2D eigenvalue weighted by Crippen LogP contribution is 2.48. The van der Waals surface area contributed by atoms with E-state index in [0.29, 0.717) is 0 Å². The molecule has 58 valence electrons. The summed E-state index contributed by atoms with van der Waals surface area (Å²) in [7, 11) is 3.62. The maximum absolute atomic E-state index is 11.4. The van der Waals surface area contributed by atoms with E-state index < -0.39 is 0 Å². The zero-order chi connectivity index (χ0) is 7.78. The van der Waals surface area contributed by atoms with Crippen LogP contribution < -0.4 is 0 Å². The maximum Gasteiger partial charge on any atom is 0.229 e. The fourth-order valence-corrected chi connectivity index (χ4v) is 1.83. The minimum Gasteiger partial charge on any atom is -0.348 e. The Balaban J connectivity index is 2.56. The van der Waals surface area contributed by atoms with Crippen LogP contribution in [0.5, 0.6) is 0 Å². The Hall–Kier alpha value is -0.0500. The summed E-state index contributed by atoms with van der Waals surface area (Å²) in [4.78, 5) is 13.0. The molecule has 0 aromatic carbocycles. The Bertz CT molecular complexity index is 152. The quantitative estimate of drug-likeness (QED) is 0.622. The van der Waals surface area contributed by atoms with Gasteiger partial charge in [-0.2, -0.15) is 0 Å². The number of hydrogen-bond acceptors (Lipinski definition) is 1. The summed E-state index contributed by atoms with van der Waals surface area (Å²) in [5, 5.41) is 0.816. The van der Waals surface area contributed by atoms with Gasteiger partial charge in [-0.05, 0) is 12.8 Å². The number of carbonyl (C=O) groups is 1. The third kappa shape index (κ3) is 1.19. The first-order chi connectivity index (χ1) is 4.62. The highest BCUT2D eigenvalue weighted by molar-refractivity contribution is 9.09. The standard InChI is InChI=1S/C7H12BrNO/c1-9(2)6(10)7(5-8)3-4-7/h3-5H2,1-2H3. The topological polar surface area (TPSA) is 20.3 Å². The van der Waals surface area contributed by atoms with Crippen LogP contribution >= 0.6 is 15.9 Å². The molecule has 0 spiro atoms. The van der Waals surface area contributed by atoms with Crippen LogP contribution in [-0.4, -0.2) is 30.2 Å². The molecular formula is C7H12BrNO. The van der Waals surface area contributed by atoms with Gasteiger partial charge in [-0.1, -0.05) is 15.9 Å². The lowest BCUT2D eigenvalue weighted by atomic mass is 10.1. The van der Waals surface area contributed by atoms with Crippen LogP contribution in [-0.2, 0) is 4.79 Å². The molecule has 1 aliphatic rings. The molecule has 1 saturated carbocycles. The van der Waals surface area contributed by atoms with Crippen molar-refractivity contribution in [1.82, 2.24) is 4.90 Å². The molecule has 1 amide bonds. The van der Waals surface area contributed by atoms with Crippen molar-refractivity contribution in [2.24, 2.45) is 5.41 Å². The molecule has 0 unspecified atom stereocenters. The van der Waals surface area contributed by atoms with Gasteiger partial charge in [-0.3, -0.25) is 4.79 Å². The first-order valence-corrected chi connectivity index (χ1v) is 4.52. The van der Waals surface area contributed by atoms with E-state index >= 15 is 0 Å². The highest BCUT2D eigenvalue weighted by Gasteiger charge is 2.49. The van der Waals surface area contributed by atoms with E-state index in [1.807, 2.05) is 14.1 Å². The van der Waals surface area contributed by atoms with Crippen LogP contribution in [0.2, 0.25) is 0 Å². The Morgan fingerprint density at radius 2 is 2.10 bits per heavy atom. The summed E-state index contributed by atoms with van der Waals surface area (Å²) in [6.45, 7) is 0. The molecule has 0 heterocycles. The molecule has 2 nitrogen and oxygen atoms in total. The molecule has 0 saturated heterocycles. The molecule has 0 atom stereocenters. The van der Waals surface area contributed by atoms with Crippen LogP contribution in [0, 0.1) is 5.41 Å². The highest BCUT2D eigenvalue weighted by atomic mass is 79.9. The van der Waals surface area contributed by atoms with Crippen molar-refractivity contribution >= 4 is 21.8 Å². The monoisotopic (exact) mass is 205 g/mol. The Labute approximate surface area is 69.7 Å². The molecule has 0 aliphatic heterocycles. The summed E-state index contributed by atoms with van der Waals surface area (Å²) in [6.07, 6.45) is 2.10. The average Bonchev–Trinajstić information content (AvgIpc) is 2.66. The summed E-state index contributed by atoms with van der Waals surface area (Å²) < 4.78 is 0. The fourth-order valence-electron chi connectivity index (χ4n) is 1.03. The molecule has 1 fully saturated rings. The van der Waals surface area contributed by atoms with Crippen LogP contribution in [0.4, 0.5) is 0 Å². The Kier molecular flexibility index (Phi) is 2.04. The molecule has 0 N–H and O–H groups in total. The van der Waals surface area contributed by atoms with Gasteiger partial charge in [-0.15, -0.1) is 0 Å². The van der Waals surface area contributed by atoms with Crippen molar-refractivity contribution in [3.63, 3.8) is 0 Å². The third-order valence-corrected chi connectivity index (χ3v) is 3.04. The van der Waals surface area contributed by atoms with Crippen LogP contribution in [0.1, 0.15) is 12.8 Å². The Morgan fingerprint density at radius 3 is 2.20 bits per heavy atom. The van der Waals surface area contributed by atoms with Crippen molar-refractivity contribution in [1.29, 1.82) is 0 Å². The fraction of sp³-hybridized carbons (Fsp3) is 0.857. The molecule has 1 rings (SSSR count). The van der Waals surface area contributed by atoms with E-state index in [2.05, 4.69) is 15.9 Å². The summed E-state index contributed by atoms with van der Waals surface area (Å²) in [5.41, 5.74) is -0.0243. The smallest absolute Gasteiger partial charge is 0.229 e. The predicted octanol–water partition coefficient (Wildman–Crippen LogP) is 1.25. The second kappa shape index (κ2) is 2.53. The van der Waals surface area contributed by atoms with Gasteiger partial charge in [0, 0.05) is 19.4 Å². The molecule has 0 aromatic rings. The molecular weight excluding hydrogens is 194 g/mol. The number of hydrogen-bond donors (Lipinski definition) is 0. The summed E-state index contributed by atoms with van der Waals surface area (Å²) in [6, 6.07) is 0. The number of halogens is 1. The first kappa shape index (κ1) is 8.05. The second-order valence-electron chi connectivity index (χ2n) is 3.11. The molecule has 10 heavy (non-hydrogen) atoms. The van der Waals surface area contributed by atoms with E-state index in [1.165, 1.54) is 0 Å². The molecule has 0 radical (unpaired) electrons. The minimum atomic E-state index is -0.0243. The van der Waals surface area contributed by atoms with Gasteiger partial charge in [-0.25, -0.2) is 0 Å². The van der Waals surface area contributed by atoms with Gasteiger partial charge < -0.3 is 4.90 Å². The largest absolute Gasteiger partial charge is 0.348 e.